The number of carbonyl (C=O) groups is 1. The monoisotopic (exact) mass is 199 g/mol. The normalized spacial score (nSPS) is 10.0. The Balaban J connectivity index is 2.41. The van der Waals surface area contributed by atoms with Crippen molar-refractivity contribution in [1.29, 1.82) is 0 Å². The van der Waals surface area contributed by atoms with E-state index in [2.05, 4.69) is 9.97 Å². The molecule has 1 aromatic heterocycles. The molecule has 1 rings (SSSR count). The van der Waals surface area contributed by atoms with Crippen LogP contribution in [-0.2, 0) is 11.3 Å². The van der Waals surface area contributed by atoms with E-state index in [1.165, 1.54) is 11.8 Å². The second kappa shape index (κ2) is 4.91. The summed E-state index contributed by atoms with van der Waals surface area (Å²) in [6.07, 6.45) is 5.35. The number of thioether (sulfide) groups is 1. The Hall–Kier alpha value is -0.970. The first-order chi connectivity index (χ1) is 6.24. The predicted molar refractivity (Wildman–Crippen MR) is 53.4 cm³/mol. The van der Waals surface area contributed by atoms with E-state index in [0.29, 0.717) is 12.3 Å². The van der Waals surface area contributed by atoms with Crippen LogP contribution in [0.5, 0.6) is 0 Å². The summed E-state index contributed by atoms with van der Waals surface area (Å²) in [5.41, 5.74) is 0. The van der Waals surface area contributed by atoms with Crippen molar-refractivity contribution < 1.29 is 4.79 Å². The van der Waals surface area contributed by atoms with Gasteiger partial charge in [0.2, 0.25) is 5.91 Å². The average Bonchev–Trinajstić information content (AvgIpc) is 2.57. The molecular formula is C8H13N3OS. The predicted octanol–water partition coefficient (Wildman–Crippen LogP) is 0.731. The van der Waals surface area contributed by atoms with Crippen LogP contribution in [0.3, 0.4) is 0 Å². The van der Waals surface area contributed by atoms with Crippen molar-refractivity contribution in [2.45, 2.75) is 6.54 Å². The maximum Gasteiger partial charge on any atom is 0.232 e. The van der Waals surface area contributed by atoms with Crippen LogP contribution in [0, 0.1) is 0 Å². The van der Waals surface area contributed by atoms with E-state index in [1.54, 1.807) is 24.3 Å². The molecule has 1 heterocycles. The summed E-state index contributed by atoms with van der Waals surface area (Å²) in [4.78, 5) is 20.0. The summed E-state index contributed by atoms with van der Waals surface area (Å²) in [7, 11) is 1.78. The molecule has 1 N–H and O–H groups in total. The van der Waals surface area contributed by atoms with Gasteiger partial charge in [0, 0.05) is 19.4 Å². The van der Waals surface area contributed by atoms with Gasteiger partial charge in [0.1, 0.15) is 5.82 Å². The van der Waals surface area contributed by atoms with Crippen LogP contribution in [0.15, 0.2) is 12.4 Å². The van der Waals surface area contributed by atoms with Crippen LogP contribution in [0.25, 0.3) is 0 Å². The first-order valence-electron chi connectivity index (χ1n) is 3.95. The summed E-state index contributed by atoms with van der Waals surface area (Å²) < 4.78 is 0. The summed E-state index contributed by atoms with van der Waals surface area (Å²) in [6, 6.07) is 0. The number of amides is 1. The molecule has 0 saturated heterocycles. The van der Waals surface area contributed by atoms with Crippen LogP contribution in [0.2, 0.25) is 0 Å². The van der Waals surface area contributed by atoms with Gasteiger partial charge in [-0.25, -0.2) is 4.98 Å². The van der Waals surface area contributed by atoms with Gasteiger partial charge in [-0.05, 0) is 6.26 Å². The Morgan fingerprint density at radius 3 is 3.08 bits per heavy atom. The van der Waals surface area contributed by atoms with E-state index in [0.717, 1.165) is 5.82 Å². The number of nitrogens with one attached hydrogen (secondary N) is 1. The molecule has 0 aliphatic rings. The van der Waals surface area contributed by atoms with Crippen molar-refractivity contribution in [2.75, 3.05) is 19.1 Å². The number of H-pyrrole nitrogens is 1. The zero-order valence-electron chi connectivity index (χ0n) is 7.78. The van der Waals surface area contributed by atoms with Crippen LogP contribution in [0.4, 0.5) is 0 Å². The fourth-order valence-corrected chi connectivity index (χ4v) is 1.40. The van der Waals surface area contributed by atoms with Gasteiger partial charge in [-0.1, -0.05) is 0 Å². The lowest BCUT2D eigenvalue weighted by Gasteiger charge is -2.14. The zero-order valence-corrected chi connectivity index (χ0v) is 8.60. The van der Waals surface area contributed by atoms with Gasteiger partial charge in [-0.3, -0.25) is 4.79 Å². The highest BCUT2D eigenvalue weighted by atomic mass is 32.2. The first-order valence-corrected chi connectivity index (χ1v) is 5.34. The molecule has 0 aromatic carbocycles. The quantitative estimate of drug-likeness (QED) is 0.777. The SMILES string of the molecule is CSCC(=O)N(C)Cc1ncc[nH]1. The largest absolute Gasteiger partial charge is 0.347 e. The zero-order chi connectivity index (χ0) is 9.68. The van der Waals surface area contributed by atoms with E-state index in [4.69, 9.17) is 0 Å². The van der Waals surface area contributed by atoms with Crippen molar-refractivity contribution in [3.63, 3.8) is 0 Å². The Morgan fingerprint density at radius 1 is 1.77 bits per heavy atom. The van der Waals surface area contributed by atoms with Gasteiger partial charge < -0.3 is 9.88 Å². The molecule has 0 spiro atoms. The minimum absolute atomic E-state index is 0.129. The van der Waals surface area contributed by atoms with E-state index >= 15 is 0 Å². The van der Waals surface area contributed by atoms with Crippen molar-refractivity contribution >= 4 is 17.7 Å². The number of rotatable bonds is 4. The number of hydrogen-bond acceptors (Lipinski definition) is 3. The minimum atomic E-state index is 0.129. The third-order valence-electron chi connectivity index (χ3n) is 1.64. The van der Waals surface area contributed by atoms with E-state index in [-0.39, 0.29) is 5.91 Å². The Bertz CT molecular complexity index is 260. The summed E-state index contributed by atoms with van der Waals surface area (Å²) >= 11 is 1.53. The highest BCUT2D eigenvalue weighted by Crippen LogP contribution is 1.99. The highest BCUT2D eigenvalue weighted by Gasteiger charge is 2.08. The van der Waals surface area contributed by atoms with Gasteiger partial charge >= 0.3 is 0 Å². The van der Waals surface area contributed by atoms with E-state index in [1.807, 2.05) is 6.26 Å². The number of hydrogen-bond donors (Lipinski definition) is 1. The average molecular weight is 199 g/mol. The van der Waals surface area contributed by atoms with Gasteiger partial charge in [0.05, 0.1) is 12.3 Å². The number of imidazole rings is 1. The van der Waals surface area contributed by atoms with Crippen molar-refractivity contribution in [2.24, 2.45) is 0 Å². The van der Waals surface area contributed by atoms with Gasteiger partial charge in [0.15, 0.2) is 0 Å². The molecular weight excluding hydrogens is 186 g/mol. The maximum atomic E-state index is 11.3. The van der Waals surface area contributed by atoms with Crippen LogP contribution in [0.1, 0.15) is 5.82 Å². The number of nitrogens with zero attached hydrogens (tertiary/aromatic N) is 2. The molecule has 72 valence electrons. The van der Waals surface area contributed by atoms with E-state index < -0.39 is 0 Å². The molecule has 0 atom stereocenters. The molecule has 0 unspecified atom stereocenters. The molecule has 0 fully saturated rings. The lowest BCUT2D eigenvalue weighted by Crippen LogP contribution is -2.28. The van der Waals surface area contributed by atoms with Crippen molar-refractivity contribution in [3.05, 3.63) is 18.2 Å². The first kappa shape index (κ1) is 10.1. The van der Waals surface area contributed by atoms with E-state index in [9.17, 15) is 4.79 Å². The minimum Gasteiger partial charge on any atom is -0.347 e. The van der Waals surface area contributed by atoms with Gasteiger partial charge in [-0.15, -0.1) is 0 Å². The molecule has 0 radical (unpaired) electrons. The van der Waals surface area contributed by atoms with Crippen molar-refractivity contribution in [3.8, 4) is 0 Å². The lowest BCUT2D eigenvalue weighted by atomic mass is 10.5. The summed E-state index contributed by atoms with van der Waals surface area (Å²) in [5, 5.41) is 0. The number of aromatic amines is 1. The second-order valence-corrected chi connectivity index (χ2v) is 3.58. The fourth-order valence-electron chi connectivity index (χ4n) is 0.931. The van der Waals surface area contributed by atoms with Crippen LogP contribution < -0.4 is 0 Å². The third kappa shape index (κ3) is 3.10. The number of aromatic nitrogens is 2. The molecule has 0 aliphatic carbocycles. The van der Waals surface area contributed by atoms with Crippen LogP contribution in [-0.4, -0.2) is 39.8 Å². The van der Waals surface area contributed by atoms with Crippen molar-refractivity contribution in [1.82, 2.24) is 14.9 Å². The standard InChI is InChI=1S/C8H13N3OS/c1-11(8(12)6-13-2)5-7-9-3-4-10-7/h3-4H,5-6H2,1-2H3,(H,9,10). The summed E-state index contributed by atoms with van der Waals surface area (Å²) in [5.74, 6) is 1.47. The third-order valence-corrected chi connectivity index (χ3v) is 2.17. The molecule has 4 nitrogen and oxygen atoms in total. The molecule has 0 bridgehead atoms. The molecule has 1 amide bonds. The fraction of sp³-hybridized carbons (Fsp3) is 0.500. The molecule has 1 aromatic rings. The molecule has 5 heteroatoms. The Labute approximate surface area is 81.7 Å². The Kier molecular flexibility index (Phi) is 3.82. The van der Waals surface area contributed by atoms with Gasteiger partial charge in [0.25, 0.3) is 0 Å². The molecule has 0 aliphatic heterocycles. The second-order valence-electron chi connectivity index (χ2n) is 2.72. The maximum absolute atomic E-state index is 11.3. The lowest BCUT2D eigenvalue weighted by molar-refractivity contribution is -0.127. The number of carbonyl (C=O) groups excluding carboxylic acids is 1. The summed E-state index contributed by atoms with van der Waals surface area (Å²) in [6.45, 7) is 0.548. The smallest absolute Gasteiger partial charge is 0.232 e. The molecule has 0 saturated carbocycles. The highest BCUT2D eigenvalue weighted by molar-refractivity contribution is 7.99. The molecule has 13 heavy (non-hydrogen) atoms. The Morgan fingerprint density at radius 2 is 2.54 bits per heavy atom. The topological polar surface area (TPSA) is 49.0 Å². The van der Waals surface area contributed by atoms with Gasteiger partial charge in [-0.2, -0.15) is 11.8 Å². The van der Waals surface area contributed by atoms with Crippen LogP contribution >= 0.6 is 11.8 Å².